The average molecular weight is 340 g/mol. The molecule has 7 heteroatoms. The van der Waals surface area contributed by atoms with Crippen LogP contribution in [0.4, 0.5) is 8.78 Å². The molecule has 0 unspecified atom stereocenters. The van der Waals surface area contributed by atoms with Crippen molar-refractivity contribution in [2.45, 2.75) is 6.43 Å². The first-order chi connectivity index (χ1) is 9.65. The van der Waals surface area contributed by atoms with Crippen LogP contribution in [0.3, 0.4) is 0 Å². The number of hydrogen-bond donors (Lipinski definition) is 0. The summed E-state index contributed by atoms with van der Waals surface area (Å²) in [6.45, 7) is 0. The third kappa shape index (κ3) is 2.36. The highest BCUT2D eigenvalue weighted by molar-refractivity contribution is 9.10. The Morgan fingerprint density at radius 2 is 2.10 bits per heavy atom. The molecule has 4 nitrogen and oxygen atoms in total. The lowest BCUT2D eigenvalue weighted by Crippen LogP contribution is -2.04. The van der Waals surface area contributed by atoms with E-state index in [2.05, 4.69) is 26.0 Å². The predicted octanol–water partition coefficient (Wildman–Crippen LogP) is 4.23. The van der Waals surface area contributed by atoms with Crippen LogP contribution in [0, 0.1) is 0 Å². The van der Waals surface area contributed by atoms with Crippen LogP contribution in [0.15, 0.2) is 51.7 Å². The molecule has 0 N–H and O–H groups in total. The molecule has 0 atom stereocenters. The van der Waals surface area contributed by atoms with E-state index in [1.807, 2.05) is 0 Å². The van der Waals surface area contributed by atoms with E-state index in [1.54, 1.807) is 24.3 Å². The Kier molecular flexibility index (Phi) is 3.35. The van der Waals surface area contributed by atoms with Gasteiger partial charge in [-0.15, -0.1) is 0 Å². The maximum atomic E-state index is 13.1. The van der Waals surface area contributed by atoms with E-state index in [0.717, 1.165) is 9.15 Å². The molecule has 3 rings (SSSR count). The van der Waals surface area contributed by atoms with Crippen molar-refractivity contribution in [1.29, 1.82) is 0 Å². The van der Waals surface area contributed by atoms with Crippen LogP contribution in [0.2, 0.25) is 0 Å². The van der Waals surface area contributed by atoms with Gasteiger partial charge in [0, 0.05) is 10.7 Å². The molecule has 3 aromatic rings. The first kappa shape index (κ1) is 13.0. The summed E-state index contributed by atoms with van der Waals surface area (Å²) in [6.07, 6.45) is 0.337. The normalized spacial score (nSPS) is 11.2. The Bertz CT molecular complexity index is 708. The average Bonchev–Trinajstić information content (AvgIpc) is 3.08. The summed E-state index contributed by atoms with van der Waals surface area (Å²) in [7, 11) is 0. The molecule has 0 aliphatic heterocycles. The monoisotopic (exact) mass is 339 g/mol. The number of aromatic nitrogens is 3. The van der Waals surface area contributed by atoms with Gasteiger partial charge < -0.3 is 4.42 Å². The van der Waals surface area contributed by atoms with Crippen molar-refractivity contribution in [3.8, 4) is 17.3 Å². The molecule has 102 valence electrons. The molecule has 0 aliphatic carbocycles. The van der Waals surface area contributed by atoms with Crippen molar-refractivity contribution < 1.29 is 13.2 Å². The van der Waals surface area contributed by atoms with E-state index in [4.69, 9.17) is 4.42 Å². The largest absolute Gasteiger partial charge is 0.463 e. The zero-order valence-electron chi connectivity index (χ0n) is 10.0. The molecule has 3 heterocycles. The van der Waals surface area contributed by atoms with Gasteiger partial charge in [-0.25, -0.2) is 18.4 Å². The maximum Gasteiger partial charge on any atom is 0.280 e. The van der Waals surface area contributed by atoms with Gasteiger partial charge in [0.1, 0.15) is 11.4 Å². The molecule has 0 saturated heterocycles. The fourth-order valence-electron chi connectivity index (χ4n) is 1.77. The highest BCUT2D eigenvalue weighted by atomic mass is 79.9. The zero-order valence-corrected chi connectivity index (χ0v) is 11.6. The summed E-state index contributed by atoms with van der Waals surface area (Å²) in [5, 5.41) is 4.14. The third-order valence-corrected chi connectivity index (χ3v) is 3.13. The first-order valence-electron chi connectivity index (χ1n) is 5.69. The van der Waals surface area contributed by atoms with E-state index in [0.29, 0.717) is 17.3 Å². The van der Waals surface area contributed by atoms with E-state index in [9.17, 15) is 8.78 Å². The number of furan rings is 1. The zero-order chi connectivity index (χ0) is 14.1. The molecule has 3 aromatic heterocycles. The standard InChI is InChI=1S/C13H8BrF2N3O/c14-8-3-4-12(17-7-8)19-10(13(15)16)6-9(18-19)11-2-1-5-20-11/h1-7,13H. The second kappa shape index (κ2) is 5.16. The van der Waals surface area contributed by atoms with E-state index in [1.165, 1.54) is 18.5 Å². The van der Waals surface area contributed by atoms with Crippen molar-refractivity contribution in [1.82, 2.24) is 14.8 Å². The Morgan fingerprint density at radius 1 is 1.25 bits per heavy atom. The smallest absolute Gasteiger partial charge is 0.280 e. The lowest BCUT2D eigenvalue weighted by molar-refractivity contribution is 0.142. The molecule has 0 fully saturated rings. The number of halogens is 3. The summed E-state index contributed by atoms with van der Waals surface area (Å²) in [5.41, 5.74) is 0.112. The van der Waals surface area contributed by atoms with Crippen LogP contribution in [-0.2, 0) is 0 Å². The van der Waals surface area contributed by atoms with Gasteiger partial charge in [0.15, 0.2) is 11.6 Å². The van der Waals surface area contributed by atoms with Crippen molar-refractivity contribution in [2.24, 2.45) is 0 Å². The van der Waals surface area contributed by atoms with Crippen LogP contribution in [0.25, 0.3) is 17.3 Å². The third-order valence-electron chi connectivity index (χ3n) is 2.66. The first-order valence-corrected chi connectivity index (χ1v) is 6.48. The van der Waals surface area contributed by atoms with E-state index < -0.39 is 6.43 Å². The second-order valence-electron chi connectivity index (χ2n) is 3.98. The Hall–Kier alpha value is -2.02. The second-order valence-corrected chi connectivity index (χ2v) is 4.89. The van der Waals surface area contributed by atoms with Gasteiger partial charge in [0.25, 0.3) is 6.43 Å². The molecule has 0 aromatic carbocycles. The van der Waals surface area contributed by atoms with E-state index in [-0.39, 0.29) is 5.69 Å². The van der Waals surface area contributed by atoms with Gasteiger partial charge in [0.2, 0.25) is 0 Å². The number of hydrogen-bond acceptors (Lipinski definition) is 3. The maximum absolute atomic E-state index is 13.1. The number of pyridine rings is 1. The molecule has 0 spiro atoms. The van der Waals surface area contributed by atoms with Crippen LogP contribution in [0.1, 0.15) is 12.1 Å². The van der Waals surface area contributed by atoms with Crippen LogP contribution in [0.5, 0.6) is 0 Å². The van der Waals surface area contributed by atoms with Gasteiger partial charge in [0.05, 0.1) is 6.26 Å². The van der Waals surface area contributed by atoms with Crippen molar-refractivity contribution >= 4 is 15.9 Å². The summed E-state index contributed by atoms with van der Waals surface area (Å²) < 4.78 is 33.3. The van der Waals surface area contributed by atoms with E-state index >= 15 is 0 Å². The fraction of sp³-hybridized carbons (Fsp3) is 0.0769. The van der Waals surface area contributed by atoms with Crippen molar-refractivity contribution in [2.75, 3.05) is 0 Å². The lowest BCUT2D eigenvalue weighted by Gasteiger charge is -2.05. The molecule has 0 radical (unpaired) electrons. The van der Waals surface area contributed by atoms with Crippen molar-refractivity contribution in [3.63, 3.8) is 0 Å². The summed E-state index contributed by atoms with van der Waals surface area (Å²) in [5.74, 6) is 0.754. The van der Waals surface area contributed by atoms with Crippen LogP contribution in [-0.4, -0.2) is 14.8 Å². The number of alkyl halides is 2. The van der Waals surface area contributed by atoms with Gasteiger partial charge in [-0.3, -0.25) is 0 Å². The minimum absolute atomic E-state index is 0.230. The minimum Gasteiger partial charge on any atom is -0.463 e. The van der Waals surface area contributed by atoms with Gasteiger partial charge in [-0.05, 0) is 46.3 Å². The highest BCUT2D eigenvalue weighted by Gasteiger charge is 2.20. The van der Waals surface area contributed by atoms with Crippen LogP contribution < -0.4 is 0 Å². The van der Waals surface area contributed by atoms with Gasteiger partial charge in [-0.2, -0.15) is 5.10 Å². The quantitative estimate of drug-likeness (QED) is 0.717. The van der Waals surface area contributed by atoms with Crippen molar-refractivity contribution in [3.05, 3.63) is 53.0 Å². The Balaban J connectivity index is 2.11. The molecule has 0 amide bonds. The molecular weight excluding hydrogens is 332 g/mol. The SMILES string of the molecule is FC(F)c1cc(-c2ccco2)nn1-c1ccc(Br)cn1. The number of nitrogens with zero attached hydrogens (tertiary/aromatic N) is 3. The molecule has 20 heavy (non-hydrogen) atoms. The molecule has 0 aliphatic rings. The summed E-state index contributed by atoms with van der Waals surface area (Å²) >= 11 is 3.25. The van der Waals surface area contributed by atoms with Crippen LogP contribution >= 0.6 is 15.9 Å². The predicted molar refractivity (Wildman–Crippen MR) is 71.7 cm³/mol. The molecule has 0 saturated carbocycles. The minimum atomic E-state index is -2.66. The number of rotatable bonds is 3. The van der Waals surface area contributed by atoms with Gasteiger partial charge >= 0.3 is 0 Å². The molecular formula is C13H8BrF2N3O. The Labute approximate surface area is 121 Å². The highest BCUT2D eigenvalue weighted by Crippen LogP contribution is 2.27. The summed E-state index contributed by atoms with van der Waals surface area (Å²) in [4.78, 5) is 4.08. The molecule has 0 bridgehead atoms. The fourth-order valence-corrected chi connectivity index (χ4v) is 2.01. The van der Waals surface area contributed by atoms with Gasteiger partial charge in [-0.1, -0.05) is 0 Å². The lowest BCUT2D eigenvalue weighted by atomic mass is 10.3. The topological polar surface area (TPSA) is 43.9 Å². The Morgan fingerprint density at radius 3 is 2.70 bits per heavy atom. The summed E-state index contributed by atoms with van der Waals surface area (Å²) in [6, 6.07) is 7.96.